The average molecular weight is 363 g/mol. The maximum absolute atomic E-state index is 12.9. The summed E-state index contributed by atoms with van der Waals surface area (Å²) in [5.74, 6) is 0.0358. The summed E-state index contributed by atoms with van der Waals surface area (Å²) < 4.78 is 0. The fraction of sp³-hybridized carbons (Fsp3) is 0.364. The molecule has 2 aromatic carbocycles. The number of hydrogen-bond donors (Lipinski definition) is 1. The molecule has 2 aliphatic rings. The van der Waals surface area contributed by atoms with Crippen LogP contribution in [-0.4, -0.2) is 42.9 Å². The Morgan fingerprint density at radius 1 is 1.04 bits per heavy atom. The molecule has 2 aliphatic heterocycles. The average Bonchev–Trinajstić information content (AvgIpc) is 2.85. The fourth-order valence-corrected chi connectivity index (χ4v) is 4.11. The van der Waals surface area contributed by atoms with Crippen LogP contribution >= 0.6 is 0 Å². The number of carbonyl (C=O) groups is 2. The molecule has 1 fully saturated rings. The van der Waals surface area contributed by atoms with Crippen molar-refractivity contribution in [2.24, 2.45) is 0 Å². The quantitative estimate of drug-likeness (QED) is 0.912. The summed E-state index contributed by atoms with van der Waals surface area (Å²) in [7, 11) is 0. The Balaban J connectivity index is 1.41. The van der Waals surface area contributed by atoms with Crippen LogP contribution in [0.4, 0.5) is 5.69 Å². The molecule has 140 valence electrons. The van der Waals surface area contributed by atoms with Crippen molar-refractivity contribution in [1.29, 1.82) is 0 Å². The predicted octanol–water partition coefficient (Wildman–Crippen LogP) is 2.91. The highest BCUT2D eigenvalue weighted by molar-refractivity contribution is 5.99. The Morgan fingerprint density at radius 2 is 1.81 bits per heavy atom. The van der Waals surface area contributed by atoms with Gasteiger partial charge in [0.25, 0.3) is 5.91 Å². The van der Waals surface area contributed by atoms with Crippen LogP contribution in [0.5, 0.6) is 0 Å². The van der Waals surface area contributed by atoms with Crippen LogP contribution in [0, 0.1) is 6.92 Å². The van der Waals surface area contributed by atoms with Gasteiger partial charge in [0.1, 0.15) is 0 Å². The van der Waals surface area contributed by atoms with Crippen LogP contribution in [0.25, 0.3) is 0 Å². The zero-order valence-corrected chi connectivity index (χ0v) is 15.6. The number of amides is 2. The van der Waals surface area contributed by atoms with E-state index in [4.69, 9.17) is 0 Å². The maximum atomic E-state index is 12.9. The van der Waals surface area contributed by atoms with Gasteiger partial charge in [-0.3, -0.25) is 9.59 Å². The zero-order valence-electron chi connectivity index (χ0n) is 15.6. The van der Waals surface area contributed by atoms with Crippen LogP contribution in [0.15, 0.2) is 48.5 Å². The monoisotopic (exact) mass is 363 g/mol. The van der Waals surface area contributed by atoms with Crippen molar-refractivity contribution in [3.8, 4) is 0 Å². The van der Waals surface area contributed by atoms with E-state index in [2.05, 4.69) is 41.4 Å². The summed E-state index contributed by atoms with van der Waals surface area (Å²) in [5, 5.41) is 2.95. The Labute approximate surface area is 160 Å². The van der Waals surface area contributed by atoms with Gasteiger partial charge in [-0.25, -0.2) is 0 Å². The molecular formula is C22H25N3O2. The van der Waals surface area contributed by atoms with Crippen molar-refractivity contribution in [3.63, 3.8) is 0 Å². The maximum Gasteiger partial charge on any atom is 0.252 e. The molecule has 5 heteroatoms. The summed E-state index contributed by atoms with van der Waals surface area (Å²) >= 11 is 0. The zero-order chi connectivity index (χ0) is 18.8. The Bertz CT molecular complexity index is 864. The highest BCUT2D eigenvalue weighted by Crippen LogP contribution is 2.28. The van der Waals surface area contributed by atoms with E-state index in [1.807, 2.05) is 29.2 Å². The highest BCUT2D eigenvalue weighted by atomic mass is 16.2. The van der Waals surface area contributed by atoms with Crippen molar-refractivity contribution < 1.29 is 9.59 Å². The molecule has 0 spiro atoms. The van der Waals surface area contributed by atoms with E-state index in [9.17, 15) is 9.59 Å². The molecule has 0 aliphatic carbocycles. The van der Waals surface area contributed by atoms with Gasteiger partial charge in [-0.2, -0.15) is 0 Å². The summed E-state index contributed by atoms with van der Waals surface area (Å²) in [6, 6.07) is 15.7. The molecule has 2 amide bonds. The van der Waals surface area contributed by atoms with Crippen molar-refractivity contribution in [3.05, 3.63) is 65.2 Å². The molecule has 0 aromatic heterocycles. The lowest BCUT2D eigenvalue weighted by Crippen LogP contribution is -2.37. The molecule has 2 aromatic rings. The van der Waals surface area contributed by atoms with Crippen LogP contribution in [0.3, 0.4) is 0 Å². The lowest BCUT2D eigenvalue weighted by atomic mass is 10.0. The molecule has 27 heavy (non-hydrogen) atoms. The topological polar surface area (TPSA) is 52.6 Å². The second kappa shape index (κ2) is 7.43. The van der Waals surface area contributed by atoms with Gasteiger partial charge in [0.2, 0.25) is 5.91 Å². The van der Waals surface area contributed by atoms with Gasteiger partial charge in [0.15, 0.2) is 0 Å². The molecule has 5 nitrogen and oxygen atoms in total. The van der Waals surface area contributed by atoms with E-state index in [1.54, 1.807) is 0 Å². The first-order chi connectivity index (χ1) is 13.1. The first-order valence-electron chi connectivity index (χ1n) is 9.61. The minimum absolute atomic E-state index is 0.0787. The Morgan fingerprint density at radius 3 is 2.67 bits per heavy atom. The molecule has 1 N–H and O–H groups in total. The number of para-hydroxylation sites is 1. The van der Waals surface area contributed by atoms with Crippen LogP contribution in [0.1, 0.15) is 40.4 Å². The fourth-order valence-electron chi connectivity index (χ4n) is 4.11. The van der Waals surface area contributed by atoms with E-state index in [1.165, 1.54) is 11.3 Å². The van der Waals surface area contributed by atoms with Gasteiger partial charge in [0, 0.05) is 37.4 Å². The largest absolute Gasteiger partial charge is 0.369 e. The number of hydrogen-bond acceptors (Lipinski definition) is 3. The van der Waals surface area contributed by atoms with Gasteiger partial charge < -0.3 is 15.1 Å². The van der Waals surface area contributed by atoms with Crippen molar-refractivity contribution in [2.45, 2.75) is 25.8 Å². The number of benzene rings is 2. The van der Waals surface area contributed by atoms with Gasteiger partial charge in [-0.05, 0) is 36.6 Å². The molecule has 2 heterocycles. The number of nitrogens with one attached hydrogen (secondary N) is 1. The number of fused-ring (bicyclic) bond motifs is 1. The second-order valence-electron chi connectivity index (χ2n) is 7.33. The number of nitrogens with zero attached hydrogens (tertiary/aromatic N) is 2. The first-order valence-corrected chi connectivity index (χ1v) is 9.61. The molecule has 0 unspecified atom stereocenters. The Kier molecular flexibility index (Phi) is 4.84. The van der Waals surface area contributed by atoms with Crippen molar-refractivity contribution in [1.82, 2.24) is 10.2 Å². The standard InChI is InChI=1S/C22H25N3O2/c1-16-7-2-5-10-20(16)24-11-6-12-25(14-13-24)21(26)15-19-17-8-3-4-9-18(17)22(27)23-19/h2-5,7-10,19H,6,11-15H2,1H3,(H,23,27)/t19-/m0/s1. The van der Waals surface area contributed by atoms with Gasteiger partial charge in [-0.1, -0.05) is 36.4 Å². The molecule has 0 radical (unpaired) electrons. The third-order valence-corrected chi connectivity index (χ3v) is 5.57. The molecule has 0 bridgehead atoms. The van der Waals surface area contributed by atoms with Crippen LogP contribution in [-0.2, 0) is 4.79 Å². The summed E-state index contributed by atoms with van der Waals surface area (Å²) in [5.41, 5.74) is 4.15. The van der Waals surface area contributed by atoms with Gasteiger partial charge >= 0.3 is 0 Å². The third kappa shape index (κ3) is 3.54. The third-order valence-electron chi connectivity index (χ3n) is 5.57. The minimum Gasteiger partial charge on any atom is -0.369 e. The van der Waals surface area contributed by atoms with Crippen molar-refractivity contribution in [2.75, 3.05) is 31.1 Å². The van der Waals surface area contributed by atoms with Crippen molar-refractivity contribution >= 4 is 17.5 Å². The lowest BCUT2D eigenvalue weighted by Gasteiger charge is -2.25. The SMILES string of the molecule is Cc1ccccc1N1CCCN(C(=O)C[C@@H]2NC(=O)c3ccccc32)CC1. The normalized spacial score (nSPS) is 19.4. The number of aryl methyl sites for hydroxylation is 1. The summed E-state index contributed by atoms with van der Waals surface area (Å²) in [6.45, 7) is 5.41. The van der Waals surface area contributed by atoms with E-state index in [-0.39, 0.29) is 17.9 Å². The van der Waals surface area contributed by atoms with Crippen LogP contribution in [0.2, 0.25) is 0 Å². The molecule has 1 saturated heterocycles. The molecule has 0 saturated carbocycles. The second-order valence-corrected chi connectivity index (χ2v) is 7.33. The molecular weight excluding hydrogens is 338 g/mol. The number of carbonyl (C=O) groups excluding carboxylic acids is 2. The van der Waals surface area contributed by atoms with E-state index < -0.39 is 0 Å². The first kappa shape index (κ1) is 17.6. The number of rotatable bonds is 3. The minimum atomic E-state index is -0.211. The number of anilines is 1. The smallest absolute Gasteiger partial charge is 0.252 e. The highest BCUT2D eigenvalue weighted by Gasteiger charge is 2.31. The molecule has 4 rings (SSSR count). The van der Waals surface area contributed by atoms with Gasteiger partial charge in [-0.15, -0.1) is 0 Å². The van der Waals surface area contributed by atoms with E-state index in [0.717, 1.165) is 38.2 Å². The predicted molar refractivity (Wildman–Crippen MR) is 106 cm³/mol. The molecule has 1 atom stereocenters. The van der Waals surface area contributed by atoms with E-state index in [0.29, 0.717) is 12.0 Å². The van der Waals surface area contributed by atoms with E-state index >= 15 is 0 Å². The summed E-state index contributed by atoms with van der Waals surface area (Å²) in [4.78, 5) is 29.3. The lowest BCUT2D eigenvalue weighted by molar-refractivity contribution is -0.131. The van der Waals surface area contributed by atoms with Gasteiger partial charge in [0.05, 0.1) is 12.5 Å². The van der Waals surface area contributed by atoms with Crippen LogP contribution < -0.4 is 10.2 Å². The Hall–Kier alpha value is -2.82. The summed E-state index contributed by atoms with van der Waals surface area (Å²) in [6.07, 6.45) is 1.28.